The van der Waals surface area contributed by atoms with Crippen molar-refractivity contribution in [1.82, 2.24) is 9.97 Å². The van der Waals surface area contributed by atoms with Crippen LogP contribution in [0.25, 0.3) is 11.3 Å². The molecule has 1 heterocycles. The summed E-state index contributed by atoms with van der Waals surface area (Å²) < 4.78 is 0. The Morgan fingerprint density at radius 2 is 2.00 bits per heavy atom. The fourth-order valence-corrected chi connectivity index (χ4v) is 1.65. The molecular weight excluding hydrogens is 216 g/mol. The van der Waals surface area contributed by atoms with Gasteiger partial charge in [-0.25, -0.2) is 14.8 Å². The van der Waals surface area contributed by atoms with E-state index in [0.717, 1.165) is 16.7 Å². The molecule has 4 heteroatoms. The highest BCUT2D eigenvalue weighted by Crippen LogP contribution is 2.23. The summed E-state index contributed by atoms with van der Waals surface area (Å²) in [5, 5.41) is 8.89. The van der Waals surface area contributed by atoms with Crippen molar-refractivity contribution in [2.75, 3.05) is 0 Å². The average molecular weight is 228 g/mol. The number of nitrogens with zero attached hydrogens (tertiary/aromatic N) is 2. The van der Waals surface area contributed by atoms with Crippen molar-refractivity contribution in [1.29, 1.82) is 0 Å². The van der Waals surface area contributed by atoms with E-state index in [1.54, 1.807) is 0 Å². The molecular formula is C13H12N2O2. The minimum atomic E-state index is -1.04. The second-order valence-corrected chi connectivity index (χ2v) is 3.84. The Labute approximate surface area is 99.0 Å². The summed E-state index contributed by atoms with van der Waals surface area (Å²) >= 11 is 0. The highest BCUT2D eigenvalue weighted by Gasteiger charge is 2.09. The zero-order chi connectivity index (χ0) is 12.4. The van der Waals surface area contributed by atoms with Crippen molar-refractivity contribution in [2.45, 2.75) is 13.8 Å². The molecule has 0 bridgehead atoms. The molecule has 0 unspecified atom stereocenters. The molecule has 0 aliphatic carbocycles. The lowest BCUT2D eigenvalue weighted by molar-refractivity contribution is 0.0690. The Morgan fingerprint density at radius 3 is 2.71 bits per heavy atom. The third kappa shape index (κ3) is 2.15. The van der Waals surface area contributed by atoms with Gasteiger partial charge in [-0.3, -0.25) is 0 Å². The number of hydrogen-bond acceptors (Lipinski definition) is 3. The van der Waals surface area contributed by atoms with Crippen molar-refractivity contribution < 1.29 is 9.90 Å². The van der Waals surface area contributed by atoms with Gasteiger partial charge in [-0.1, -0.05) is 18.2 Å². The van der Waals surface area contributed by atoms with Gasteiger partial charge < -0.3 is 5.11 Å². The first-order chi connectivity index (χ1) is 8.09. The van der Waals surface area contributed by atoms with Crippen LogP contribution >= 0.6 is 0 Å². The lowest BCUT2D eigenvalue weighted by Crippen LogP contribution is -2.01. The van der Waals surface area contributed by atoms with Crippen LogP contribution in [0.2, 0.25) is 0 Å². The lowest BCUT2D eigenvalue weighted by atomic mass is 10.0. The highest BCUT2D eigenvalue weighted by atomic mass is 16.4. The summed E-state index contributed by atoms with van der Waals surface area (Å²) in [4.78, 5) is 18.7. The van der Waals surface area contributed by atoms with E-state index >= 15 is 0 Å². The van der Waals surface area contributed by atoms with Crippen LogP contribution < -0.4 is 0 Å². The average Bonchev–Trinajstić information content (AvgIpc) is 2.33. The van der Waals surface area contributed by atoms with Crippen molar-refractivity contribution in [2.24, 2.45) is 0 Å². The summed E-state index contributed by atoms with van der Waals surface area (Å²) in [5.74, 6) is -1.04. The molecule has 0 saturated carbocycles. The van der Waals surface area contributed by atoms with Crippen LogP contribution in [-0.2, 0) is 0 Å². The molecule has 0 aliphatic rings. The van der Waals surface area contributed by atoms with E-state index in [1.807, 2.05) is 32.0 Å². The first-order valence-electron chi connectivity index (χ1n) is 5.21. The molecule has 0 saturated heterocycles. The standard InChI is InChI=1S/C13H12N2O2/c1-8-4-3-5-10(9(8)2)11-6-12(13(16)17)15-7-14-11/h3-7H,1-2H3,(H,16,17). The molecule has 0 radical (unpaired) electrons. The maximum atomic E-state index is 10.8. The Balaban J connectivity index is 2.57. The number of benzene rings is 1. The monoisotopic (exact) mass is 228 g/mol. The summed E-state index contributed by atoms with van der Waals surface area (Å²) in [5.41, 5.74) is 3.84. The predicted octanol–water partition coefficient (Wildman–Crippen LogP) is 2.46. The van der Waals surface area contributed by atoms with Gasteiger partial charge >= 0.3 is 5.97 Å². The number of aryl methyl sites for hydroxylation is 1. The molecule has 2 aromatic rings. The Kier molecular flexibility index (Phi) is 2.87. The van der Waals surface area contributed by atoms with Gasteiger partial charge in [-0.2, -0.15) is 0 Å². The van der Waals surface area contributed by atoms with Gasteiger partial charge in [-0.05, 0) is 31.0 Å². The molecule has 1 aromatic heterocycles. The summed E-state index contributed by atoms with van der Waals surface area (Å²) in [6.07, 6.45) is 1.28. The van der Waals surface area contributed by atoms with Gasteiger partial charge in [0, 0.05) is 5.56 Å². The normalized spacial score (nSPS) is 10.2. The van der Waals surface area contributed by atoms with Crippen molar-refractivity contribution in [3.63, 3.8) is 0 Å². The molecule has 4 nitrogen and oxygen atoms in total. The minimum absolute atomic E-state index is 0.0101. The topological polar surface area (TPSA) is 63.1 Å². The molecule has 1 N–H and O–H groups in total. The van der Waals surface area contributed by atoms with E-state index in [1.165, 1.54) is 12.4 Å². The number of carboxylic acids is 1. The van der Waals surface area contributed by atoms with E-state index in [-0.39, 0.29) is 5.69 Å². The number of aromatic carboxylic acids is 1. The summed E-state index contributed by atoms with van der Waals surface area (Å²) in [6.45, 7) is 4.01. The van der Waals surface area contributed by atoms with Crippen LogP contribution in [0.4, 0.5) is 0 Å². The maximum absolute atomic E-state index is 10.8. The first kappa shape index (κ1) is 11.3. The first-order valence-corrected chi connectivity index (χ1v) is 5.21. The van der Waals surface area contributed by atoms with Gasteiger partial charge in [-0.15, -0.1) is 0 Å². The summed E-state index contributed by atoms with van der Waals surface area (Å²) in [6, 6.07) is 7.36. The van der Waals surface area contributed by atoms with Gasteiger partial charge in [0.1, 0.15) is 6.33 Å². The Bertz CT molecular complexity index is 579. The van der Waals surface area contributed by atoms with Gasteiger partial charge in [0.25, 0.3) is 0 Å². The number of aromatic nitrogens is 2. The molecule has 0 atom stereocenters. The van der Waals surface area contributed by atoms with Crippen molar-refractivity contribution in [3.05, 3.63) is 47.4 Å². The molecule has 86 valence electrons. The molecule has 0 aliphatic heterocycles. The number of rotatable bonds is 2. The smallest absolute Gasteiger partial charge is 0.354 e. The van der Waals surface area contributed by atoms with Gasteiger partial charge in [0.15, 0.2) is 5.69 Å². The van der Waals surface area contributed by atoms with E-state index in [9.17, 15) is 4.79 Å². The third-order valence-corrected chi connectivity index (χ3v) is 2.77. The van der Waals surface area contributed by atoms with Gasteiger partial charge in [0.2, 0.25) is 0 Å². The Morgan fingerprint density at radius 1 is 1.24 bits per heavy atom. The van der Waals surface area contributed by atoms with Crippen LogP contribution in [0.15, 0.2) is 30.6 Å². The van der Waals surface area contributed by atoms with Crippen LogP contribution in [0.5, 0.6) is 0 Å². The second kappa shape index (κ2) is 4.33. The number of hydrogen-bond donors (Lipinski definition) is 1. The van der Waals surface area contributed by atoms with Crippen molar-refractivity contribution >= 4 is 5.97 Å². The van der Waals surface area contributed by atoms with Crippen LogP contribution in [0.1, 0.15) is 21.6 Å². The maximum Gasteiger partial charge on any atom is 0.354 e. The molecule has 0 spiro atoms. The SMILES string of the molecule is Cc1cccc(-c2cc(C(=O)O)ncn2)c1C. The molecule has 0 fully saturated rings. The molecule has 0 amide bonds. The number of carbonyl (C=O) groups is 1. The fourth-order valence-electron chi connectivity index (χ4n) is 1.65. The number of carboxylic acid groups (broad SMARTS) is 1. The lowest BCUT2D eigenvalue weighted by Gasteiger charge is -2.07. The third-order valence-electron chi connectivity index (χ3n) is 2.77. The van der Waals surface area contributed by atoms with Crippen LogP contribution in [0, 0.1) is 13.8 Å². The zero-order valence-electron chi connectivity index (χ0n) is 9.64. The van der Waals surface area contributed by atoms with Gasteiger partial charge in [0.05, 0.1) is 5.69 Å². The molecule has 1 aromatic carbocycles. The van der Waals surface area contributed by atoms with Crippen LogP contribution in [0.3, 0.4) is 0 Å². The van der Waals surface area contributed by atoms with E-state index in [4.69, 9.17) is 5.11 Å². The predicted molar refractivity (Wildman–Crippen MR) is 63.9 cm³/mol. The van der Waals surface area contributed by atoms with E-state index in [0.29, 0.717) is 5.69 Å². The quantitative estimate of drug-likeness (QED) is 0.857. The zero-order valence-corrected chi connectivity index (χ0v) is 9.64. The second-order valence-electron chi connectivity index (χ2n) is 3.84. The van der Waals surface area contributed by atoms with E-state index < -0.39 is 5.97 Å². The summed E-state index contributed by atoms with van der Waals surface area (Å²) in [7, 11) is 0. The molecule has 2 rings (SSSR count). The van der Waals surface area contributed by atoms with E-state index in [2.05, 4.69) is 9.97 Å². The Hall–Kier alpha value is -2.23. The largest absolute Gasteiger partial charge is 0.477 e. The highest BCUT2D eigenvalue weighted by molar-refractivity contribution is 5.86. The van der Waals surface area contributed by atoms with Crippen LogP contribution in [-0.4, -0.2) is 21.0 Å². The molecule has 17 heavy (non-hydrogen) atoms. The minimum Gasteiger partial charge on any atom is -0.477 e. The van der Waals surface area contributed by atoms with Crippen molar-refractivity contribution in [3.8, 4) is 11.3 Å². The fraction of sp³-hybridized carbons (Fsp3) is 0.154.